The van der Waals surface area contributed by atoms with Crippen LogP contribution in [0, 0.1) is 0 Å². The van der Waals surface area contributed by atoms with Crippen LogP contribution in [0.5, 0.6) is 0 Å². The van der Waals surface area contributed by atoms with Crippen molar-refractivity contribution >= 4 is 121 Å². The van der Waals surface area contributed by atoms with E-state index in [1.165, 1.54) is 31.4 Å². The Balaban J connectivity index is 0.00000149. The van der Waals surface area contributed by atoms with Crippen molar-refractivity contribution in [2.75, 3.05) is 26.4 Å². The molecule has 1 heterocycles. The fraction of sp³-hybridized carbons (Fsp3) is 0.667. The van der Waals surface area contributed by atoms with Crippen molar-refractivity contribution in [2.24, 2.45) is 0 Å². The number of aliphatic hydroxyl groups is 2. The highest BCUT2D eigenvalue weighted by molar-refractivity contribution is 9.21. The summed E-state index contributed by atoms with van der Waals surface area (Å²) in [5.74, 6) is -3.56. The summed E-state index contributed by atoms with van der Waals surface area (Å²) in [6.45, 7) is 2.30. The van der Waals surface area contributed by atoms with Gasteiger partial charge in [0.25, 0.3) is 0 Å². The molecule has 0 saturated heterocycles. The quantitative estimate of drug-likeness (QED) is 0.0495. The predicted molar refractivity (Wildman–Crippen MR) is 224 cm³/mol. The number of carbonyl (C=O) groups is 4. The van der Waals surface area contributed by atoms with Gasteiger partial charge in [0.2, 0.25) is 11.5 Å². The average Bonchev–Trinajstić information content (AvgIpc) is 3.50. The molecule has 47 heavy (non-hydrogen) atoms. The van der Waals surface area contributed by atoms with Crippen molar-refractivity contribution in [3.63, 3.8) is 0 Å². The summed E-state index contributed by atoms with van der Waals surface area (Å²) in [5.41, 5.74) is 0. The van der Waals surface area contributed by atoms with Crippen LogP contribution in [-0.4, -0.2) is 72.7 Å². The van der Waals surface area contributed by atoms with Gasteiger partial charge < -0.3 is 33.6 Å². The zero-order valence-electron chi connectivity index (χ0n) is 26.6. The Morgan fingerprint density at radius 2 is 1.26 bits per heavy atom. The number of aliphatic hydroxyl groups excluding tert-OH is 2. The van der Waals surface area contributed by atoms with Crippen molar-refractivity contribution in [3.05, 3.63) is 23.7 Å². The van der Waals surface area contributed by atoms with Crippen LogP contribution in [0.3, 0.4) is 0 Å². The minimum atomic E-state index is -1.21. The van der Waals surface area contributed by atoms with Gasteiger partial charge in [0.15, 0.2) is 6.10 Å². The average molecular weight is 886 g/mol. The SMILES string of the molecule is CCCCCCCCCC(=O)OCC(O)COC(=O)c1ccc(C(=O)OCC(CO)OC(C)=O)o1.PP(P)P(P)P(P(P)P)P(P)P. The highest BCUT2D eigenvalue weighted by Crippen LogP contribution is 3.16. The van der Waals surface area contributed by atoms with Crippen LogP contribution in [0.1, 0.15) is 86.3 Å². The Labute approximate surface area is 300 Å². The van der Waals surface area contributed by atoms with Gasteiger partial charge in [-0.1, -0.05) is 45.4 Å². The maximum absolute atomic E-state index is 12.0. The van der Waals surface area contributed by atoms with E-state index in [1.54, 1.807) is 0 Å². The van der Waals surface area contributed by atoms with Crippen molar-refractivity contribution in [1.29, 1.82) is 0 Å². The second-order valence-electron chi connectivity index (χ2n) is 9.71. The number of ether oxygens (including phenoxy) is 4. The van der Waals surface area contributed by atoms with E-state index in [0.29, 0.717) is 0 Å². The van der Waals surface area contributed by atoms with Gasteiger partial charge in [-0.3, -0.25) is 9.59 Å². The van der Waals surface area contributed by atoms with Gasteiger partial charge in [-0.05, 0) is 53.5 Å². The molecule has 272 valence electrons. The van der Waals surface area contributed by atoms with Crippen LogP contribution in [0.4, 0.5) is 0 Å². The maximum atomic E-state index is 12.0. The number of furan rings is 1. The molecule has 1 aromatic rings. The normalized spacial score (nSPS) is 13.2. The van der Waals surface area contributed by atoms with Crippen LogP contribution >= 0.6 is 97.4 Å². The van der Waals surface area contributed by atoms with Crippen molar-refractivity contribution in [2.45, 2.75) is 77.4 Å². The number of hydrogen-bond acceptors (Lipinski definition) is 11. The molecule has 0 bridgehead atoms. The lowest BCUT2D eigenvalue weighted by Crippen LogP contribution is -2.27. The zero-order valence-corrected chi connectivity index (χ0v) is 39.2. The molecule has 0 aromatic carbocycles. The lowest BCUT2D eigenvalue weighted by Gasteiger charge is -2.32. The molecule has 0 radical (unpaired) electrons. The Morgan fingerprint density at radius 1 is 0.766 bits per heavy atom. The molecule has 1 rings (SSSR count). The monoisotopic (exact) mass is 886 g/mol. The van der Waals surface area contributed by atoms with Gasteiger partial charge in [-0.2, -0.15) is 0 Å². The zero-order chi connectivity index (χ0) is 35.9. The van der Waals surface area contributed by atoms with Crippen molar-refractivity contribution < 1.29 is 52.8 Å². The highest BCUT2D eigenvalue weighted by atomic mass is 33.3. The van der Waals surface area contributed by atoms with E-state index in [0.717, 1.165) is 32.6 Å². The third kappa shape index (κ3) is 24.2. The summed E-state index contributed by atoms with van der Waals surface area (Å²) in [5, 5.41) is 19.0. The van der Waals surface area contributed by atoms with E-state index >= 15 is 0 Å². The smallest absolute Gasteiger partial charge is 0.374 e. The third-order valence-electron chi connectivity index (χ3n) is 5.61. The molecule has 0 aliphatic rings. The van der Waals surface area contributed by atoms with Crippen molar-refractivity contribution in [3.8, 4) is 0 Å². The van der Waals surface area contributed by atoms with E-state index in [9.17, 15) is 24.3 Å². The Kier molecular flexibility index (Phi) is 31.1. The van der Waals surface area contributed by atoms with Gasteiger partial charge in [0.05, 0.1) is 6.61 Å². The summed E-state index contributed by atoms with van der Waals surface area (Å²) in [6, 6.07) is 2.36. The van der Waals surface area contributed by atoms with Gasteiger partial charge in [-0.15, -0.1) is 62.5 Å². The number of esters is 4. The molecular weight excluding hydrogens is 836 g/mol. The second kappa shape index (κ2) is 29.7. The molecule has 0 amide bonds. The summed E-state index contributed by atoms with van der Waals surface area (Å²) >= 11 is 0. The molecule has 0 spiro atoms. The summed E-state index contributed by atoms with van der Waals surface area (Å²) < 4.78 is 24.6. The number of rotatable bonds is 22. The van der Waals surface area contributed by atoms with Gasteiger partial charge in [-0.25, -0.2) is 9.59 Å². The Bertz CT molecular complexity index is 1040. The molecule has 0 aliphatic heterocycles. The van der Waals surface area contributed by atoms with Gasteiger partial charge in [0.1, 0.15) is 25.9 Å². The summed E-state index contributed by atoms with van der Waals surface area (Å²) in [6.07, 6.45) is 5.56. The van der Waals surface area contributed by atoms with E-state index in [-0.39, 0.29) is 59.5 Å². The van der Waals surface area contributed by atoms with Crippen molar-refractivity contribution in [1.82, 2.24) is 0 Å². The van der Waals surface area contributed by atoms with Crippen LogP contribution in [0.15, 0.2) is 16.5 Å². The largest absolute Gasteiger partial charge is 0.463 e. The first-order chi connectivity index (χ1) is 22.1. The minimum Gasteiger partial charge on any atom is -0.463 e. The predicted octanol–water partition coefficient (Wildman–Crippen LogP) is 9.15. The lowest BCUT2D eigenvalue weighted by molar-refractivity contribution is -0.151. The standard InChI is InChI=1S/C24H36O11.H14P12/c1-3-4-5-6-7-8-9-10-22(28)31-14-18(27)15-32-23(29)20-11-12-21(35-20)24(30)33-16-19(13-25)34-17(2)26;1-8(2)11(7)12(9(3)4)10(5)6/h11-12,18-19,25,27H,3-10,13-16H2,1-2H3;1-7H2. The highest BCUT2D eigenvalue weighted by Gasteiger charge is 2.26. The van der Waals surface area contributed by atoms with Gasteiger partial charge >= 0.3 is 23.9 Å². The number of carbonyl (C=O) groups excluding carboxylic acids is 4. The molecule has 2 N–H and O–H groups in total. The fourth-order valence-corrected chi connectivity index (χ4v) is 106. The first-order valence-electron chi connectivity index (χ1n) is 14.4. The minimum absolute atomic E-state index is 0.103. The van der Waals surface area contributed by atoms with E-state index in [2.05, 4.69) is 69.4 Å². The first-order valence-corrected chi connectivity index (χ1v) is 35.3. The maximum Gasteiger partial charge on any atom is 0.374 e. The summed E-state index contributed by atoms with van der Waals surface area (Å²) in [4.78, 5) is 46.7. The molecular formula is C24H50O11P12. The van der Waals surface area contributed by atoms with Crippen LogP contribution in [0.25, 0.3) is 0 Å². The molecule has 0 aliphatic carbocycles. The molecule has 0 saturated carbocycles. The third-order valence-corrected chi connectivity index (χ3v) is 72.2. The molecule has 10 atom stereocenters. The van der Waals surface area contributed by atoms with Crippen LogP contribution in [-0.2, 0) is 28.5 Å². The van der Waals surface area contributed by atoms with E-state index in [1.807, 2.05) is 0 Å². The number of hydrogen-bond donors (Lipinski definition) is 2. The van der Waals surface area contributed by atoms with E-state index in [4.69, 9.17) is 28.5 Å². The molecule has 10 unspecified atom stereocenters. The number of unbranched alkanes of at least 4 members (excludes halogenated alkanes) is 6. The molecule has 1 aromatic heterocycles. The lowest BCUT2D eigenvalue weighted by atomic mass is 10.1. The van der Waals surface area contributed by atoms with Gasteiger partial charge in [0, 0.05) is 13.3 Å². The fourth-order valence-electron chi connectivity index (χ4n) is 3.36. The topological polar surface area (TPSA) is 159 Å². The van der Waals surface area contributed by atoms with Crippen LogP contribution in [0.2, 0.25) is 0 Å². The van der Waals surface area contributed by atoms with Crippen LogP contribution < -0.4 is 0 Å². The molecule has 11 nitrogen and oxygen atoms in total. The molecule has 0 fully saturated rings. The van der Waals surface area contributed by atoms with E-state index < -0.39 is 55.9 Å². The first kappa shape index (κ1) is 49.2. The Hall–Kier alpha value is 2.24. The summed E-state index contributed by atoms with van der Waals surface area (Å²) in [7, 11) is 21.0. The Morgan fingerprint density at radius 3 is 1.70 bits per heavy atom. The second-order valence-corrected chi connectivity index (χ2v) is 54.7. The molecule has 23 heteroatoms.